The van der Waals surface area contributed by atoms with Crippen LogP contribution in [-0.4, -0.2) is 12.8 Å². The summed E-state index contributed by atoms with van der Waals surface area (Å²) in [7, 11) is 0. The lowest BCUT2D eigenvalue weighted by atomic mass is 10.1. The molecule has 0 amide bonds. The Morgan fingerprint density at radius 3 is 2.66 bits per heavy atom. The number of para-hydroxylation sites is 1. The van der Waals surface area contributed by atoms with E-state index in [1.165, 1.54) is 12.1 Å². The molecule has 0 saturated heterocycles. The van der Waals surface area contributed by atoms with Gasteiger partial charge in [-0.3, -0.25) is 0 Å². The lowest BCUT2D eigenvalue weighted by Crippen LogP contribution is -2.15. The predicted octanol–water partition coefficient (Wildman–Crippen LogP) is 4.63. The highest BCUT2D eigenvalue weighted by molar-refractivity contribution is 5.92. The molecule has 29 heavy (non-hydrogen) atoms. The fraction of sp³-hybridized carbons (Fsp3) is 0.174. The fourth-order valence-corrected chi connectivity index (χ4v) is 3.08. The number of hydrogen-bond donors (Lipinski definition) is 0. The second-order valence-corrected chi connectivity index (χ2v) is 6.51. The van der Waals surface area contributed by atoms with E-state index in [1.54, 1.807) is 24.3 Å². The van der Waals surface area contributed by atoms with Gasteiger partial charge >= 0.3 is 5.97 Å². The second-order valence-electron chi connectivity index (χ2n) is 6.51. The van der Waals surface area contributed by atoms with Gasteiger partial charge in [0.05, 0.1) is 6.61 Å². The average Bonchev–Trinajstić information content (AvgIpc) is 2.76. The molecule has 1 aliphatic rings. The molecule has 0 saturated carbocycles. The van der Waals surface area contributed by atoms with Crippen molar-refractivity contribution in [2.45, 2.75) is 19.8 Å². The molecule has 0 unspecified atom stereocenters. The standard InChI is InChI=1S/C23H19FO5/c24-19-10-17-13-26-15-29-22(17)18(11-19)14-28-23(25)20-8-4-5-9-21(20)27-12-16-6-2-1-3-7-16/h1-11H,12-15H2. The Labute approximate surface area is 167 Å². The van der Waals surface area contributed by atoms with E-state index in [9.17, 15) is 9.18 Å². The highest BCUT2D eigenvalue weighted by Gasteiger charge is 2.19. The van der Waals surface area contributed by atoms with Gasteiger partial charge in [0, 0.05) is 11.1 Å². The summed E-state index contributed by atoms with van der Waals surface area (Å²) < 4.78 is 35.7. The Morgan fingerprint density at radius 2 is 1.79 bits per heavy atom. The number of benzene rings is 3. The molecular formula is C23H19FO5. The number of fused-ring (bicyclic) bond motifs is 1. The molecule has 1 aliphatic heterocycles. The summed E-state index contributed by atoms with van der Waals surface area (Å²) >= 11 is 0. The summed E-state index contributed by atoms with van der Waals surface area (Å²) in [5.74, 6) is -0.0689. The highest BCUT2D eigenvalue weighted by atomic mass is 19.1. The van der Waals surface area contributed by atoms with Crippen LogP contribution in [0.2, 0.25) is 0 Å². The normalized spacial score (nSPS) is 12.6. The van der Waals surface area contributed by atoms with E-state index in [0.717, 1.165) is 5.56 Å². The largest absolute Gasteiger partial charge is 0.488 e. The van der Waals surface area contributed by atoms with Gasteiger partial charge < -0.3 is 18.9 Å². The van der Waals surface area contributed by atoms with Gasteiger partial charge in [-0.05, 0) is 29.8 Å². The molecule has 0 N–H and O–H groups in total. The smallest absolute Gasteiger partial charge is 0.342 e. The summed E-state index contributed by atoms with van der Waals surface area (Å²) in [4.78, 5) is 12.6. The van der Waals surface area contributed by atoms with Crippen molar-refractivity contribution in [2.24, 2.45) is 0 Å². The molecule has 3 aromatic carbocycles. The Bertz CT molecular complexity index is 1000. The van der Waals surface area contributed by atoms with Crippen molar-refractivity contribution in [3.05, 3.63) is 94.8 Å². The van der Waals surface area contributed by atoms with Gasteiger partial charge in [-0.2, -0.15) is 0 Å². The van der Waals surface area contributed by atoms with Gasteiger partial charge in [0.1, 0.15) is 36.1 Å². The number of ether oxygens (including phenoxy) is 4. The second kappa shape index (κ2) is 8.75. The third-order valence-corrected chi connectivity index (χ3v) is 4.45. The molecule has 5 nitrogen and oxygen atoms in total. The van der Waals surface area contributed by atoms with Crippen LogP contribution in [0.15, 0.2) is 66.7 Å². The van der Waals surface area contributed by atoms with Gasteiger partial charge in [-0.1, -0.05) is 42.5 Å². The van der Waals surface area contributed by atoms with Crippen LogP contribution < -0.4 is 9.47 Å². The zero-order chi connectivity index (χ0) is 20.1. The van der Waals surface area contributed by atoms with Crippen LogP contribution in [0.25, 0.3) is 0 Å². The van der Waals surface area contributed by atoms with E-state index in [2.05, 4.69) is 0 Å². The predicted molar refractivity (Wildman–Crippen MR) is 103 cm³/mol. The summed E-state index contributed by atoms with van der Waals surface area (Å²) in [6.45, 7) is 0.544. The van der Waals surface area contributed by atoms with Crippen LogP contribution in [0.4, 0.5) is 4.39 Å². The van der Waals surface area contributed by atoms with Gasteiger partial charge in [0.25, 0.3) is 0 Å². The van der Waals surface area contributed by atoms with Crippen molar-refractivity contribution in [3.63, 3.8) is 0 Å². The summed E-state index contributed by atoms with van der Waals surface area (Å²) in [6.07, 6.45) is 0. The summed E-state index contributed by atoms with van der Waals surface area (Å²) in [5, 5.41) is 0. The molecular weight excluding hydrogens is 375 g/mol. The van der Waals surface area contributed by atoms with Crippen LogP contribution in [0.5, 0.6) is 11.5 Å². The SMILES string of the molecule is O=C(OCc1cc(F)cc2c1OCOC2)c1ccccc1OCc1ccccc1. The molecule has 0 atom stereocenters. The lowest BCUT2D eigenvalue weighted by molar-refractivity contribution is -0.0183. The zero-order valence-electron chi connectivity index (χ0n) is 15.6. The van der Waals surface area contributed by atoms with Crippen molar-refractivity contribution >= 4 is 5.97 Å². The first-order valence-electron chi connectivity index (χ1n) is 9.15. The number of halogens is 1. The van der Waals surface area contributed by atoms with Crippen molar-refractivity contribution in [2.75, 3.05) is 6.79 Å². The van der Waals surface area contributed by atoms with E-state index >= 15 is 0 Å². The number of hydrogen-bond acceptors (Lipinski definition) is 5. The van der Waals surface area contributed by atoms with Crippen LogP contribution in [-0.2, 0) is 29.3 Å². The average molecular weight is 394 g/mol. The monoisotopic (exact) mass is 394 g/mol. The first kappa shape index (κ1) is 19.0. The third kappa shape index (κ3) is 4.55. The fourth-order valence-electron chi connectivity index (χ4n) is 3.08. The minimum absolute atomic E-state index is 0.0791. The molecule has 1 heterocycles. The topological polar surface area (TPSA) is 54.0 Å². The molecule has 0 radical (unpaired) electrons. The Kier molecular flexibility index (Phi) is 5.72. The molecule has 3 aromatic rings. The Morgan fingerprint density at radius 1 is 1.00 bits per heavy atom. The van der Waals surface area contributed by atoms with E-state index < -0.39 is 11.8 Å². The van der Waals surface area contributed by atoms with E-state index in [4.69, 9.17) is 18.9 Å². The third-order valence-electron chi connectivity index (χ3n) is 4.45. The molecule has 0 aliphatic carbocycles. The number of carbonyl (C=O) groups is 1. The van der Waals surface area contributed by atoms with E-state index in [1.807, 2.05) is 30.3 Å². The van der Waals surface area contributed by atoms with Gasteiger partial charge in [-0.25, -0.2) is 9.18 Å². The molecule has 0 fully saturated rings. The molecule has 0 aromatic heterocycles. The van der Waals surface area contributed by atoms with Crippen molar-refractivity contribution in [1.29, 1.82) is 0 Å². The number of esters is 1. The number of carbonyl (C=O) groups excluding carboxylic acids is 1. The zero-order valence-corrected chi connectivity index (χ0v) is 15.6. The van der Waals surface area contributed by atoms with Gasteiger partial charge in [0.15, 0.2) is 6.79 Å². The first-order valence-corrected chi connectivity index (χ1v) is 9.15. The van der Waals surface area contributed by atoms with Crippen LogP contribution in [0, 0.1) is 5.82 Å². The number of rotatable bonds is 6. The Hall–Kier alpha value is -3.38. The van der Waals surface area contributed by atoms with Crippen molar-refractivity contribution in [1.82, 2.24) is 0 Å². The lowest BCUT2D eigenvalue weighted by Gasteiger charge is -2.20. The van der Waals surface area contributed by atoms with Crippen molar-refractivity contribution < 1.29 is 28.1 Å². The van der Waals surface area contributed by atoms with E-state index in [0.29, 0.717) is 34.8 Å². The minimum Gasteiger partial charge on any atom is -0.488 e. The minimum atomic E-state index is -0.557. The molecule has 0 spiro atoms. The molecule has 0 bridgehead atoms. The van der Waals surface area contributed by atoms with Gasteiger partial charge in [0.2, 0.25) is 0 Å². The summed E-state index contributed by atoms with van der Waals surface area (Å²) in [6, 6.07) is 19.2. The van der Waals surface area contributed by atoms with Crippen LogP contribution in [0.1, 0.15) is 27.0 Å². The molecule has 4 rings (SSSR count). The maximum Gasteiger partial charge on any atom is 0.342 e. The molecule has 148 valence electrons. The van der Waals surface area contributed by atoms with Crippen molar-refractivity contribution in [3.8, 4) is 11.5 Å². The maximum absolute atomic E-state index is 13.9. The summed E-state index contributed by atoms with van der Waals surface area (Å²) in [5.41, 5.74) is 2.34. The Balaban J connectivity index is 1.46. The van der Waals surface area contributed by atoms with Crippen LogP contribution in [0.3, 0.4) is 0 Å². The first-order chi connectivity index (χ1) is 14.2. The maximum atomic E-state index is 13.9. The quantitative estimate of drug-likeness (QED) is 0.571. The van der Waals surface area contributed by atoms with Gasteiger partial charge in [-0.15, -0.1) is 0 Å². The molecule has 6 heteroatoms. The highest BCUT2D eigenvalue weighted by Crippen LogP contribution is 2.30. The van der Waals surface area contributed by atoms with E-state index in [-0.39, 0.29) is 20.0 Å². The van der Waals surface area contributed by atoms with Crippen LogP contribution >= 0.6 is 0 Å².